The van der Waals surface area contributed by atoms with Crippen LogP contribution in [0.5, 0.6) is 0 Å². The van der Waals surface area contributed by atoms with Gasteiger partial charge in [0.2, 0.25) is 0 Å². The number of carboxylic acid groups (broad SMARTS) is 1. The molecule has 0 radical (unpaired) electrons. The Morgan fingerprint density at radius 3 is 2.34 bits per heavy atom. The molecule has 0 aliphatic carbocycles. The van der Waals surface area contributed by atoms with Gasteiger partial charge in [0, 0.05) is 29.1 Å². The van der Waals surface area contributed by atoms with Gasteiger partial charge in [0.1, 0.15) is 11.5 Å². The Balaban J connectivity index is 1.59. The molecule has 1 aromatic heterocycles. The third kappa shape index (κ3) is 5.80. The van der Waals surface area contributed by atoms with Gasteiger partial charge in [-0.3, -0.25) is 9.59 Å². The molecule has 35 heavy (non-hydrogen) atoms. The van der Waals surface area contributed by atoms with Crippen LogP contribution in [0.15, 0.2) is 90.8 Å². The lowest BCUT2D eigenvalue weighted by atomic mass is 10.0. The summed E-state index contributed by atoms with van der Waals surface area (Å²) in [5.41, 5.74) is 2.06. The van der Waals surface area contributed by atoms with Crippen molar-refractivity contribution < 1.29 is 23.9 Å². The second-order valence-corrected chi connectivity index (χ2v) is 7.84. The Bertz CT molecular complexity index is 1390. The van der Waals surface area contributed by atoms with Crippen LogP contribution in [-0.4, -0.2) is 28.8 Å². The fourth-order valence-electron chi connectivity index (χ4n) is 3.62. The van der Waals surface area contributed by atoms with Crippen LogP contribution in [0.3, 0.4) is 0 Å². The topological polar surface area (TPSA) is 114 Å². The van der Waals surface area contributed by atoms with Crippen LogP contribution in [-0.2, 0) is 16.0 Å². The summed E-state index contributed by atoms with van der Waals surface area (Å²) < 4.78 is 13.3. The predicted octanol–water partition coefficient (Wildman–Crippen LogP) is 2.56. The van der Waals surface area contributed by atoms with Gasteiger partial charge in [-0.15, -0.1) is 0 Å². The maximum Gasteiger partial charge on any atom is 0.268 e. The van der Waals surface area contributed by atoms with E-state index in [-0.39, 0.29) is 12.1 Å². The molecule has 3 aromatic carbocycles. The zero-order chi connectivity index (χ0) is 24.8. The summed E-state index contributed by atoms with van der Waals surface area (Å²) in [4.78, 5) is 40.8. The molecule has 0 spiro atoms. The molecule has 0 unspecified atom stereocenters. The van der Waals surface area contributed by atoms with Gasteiger partial charge in [0.25, 0.3) is 11.8 Å². The molecule has 0 saturated heterocycles. The lowest BCUT2D eigenvalue weighted by Crippen LogP contribution is -2.50. The molecule has 4 rings (SSSR count). The maximum atomic E-state index is 13.3. The normalized spacial score (nSPS) is 12.2. The van der Waals surface area contributed by atoms with E-state index in [1.54, 1.807) is 36.5 Å². The van der Waals surface area contributed by atoms with Crippen molar-refractivity contribution in [1.82, 2.24) is 15.6 Å². The average Bonchev–Trinajstić information content (AvgIpc) is 3.27. The number of rotatable bonds is 8. The first-order valence-electron chi connectivity index (χ1n) is 10.8. The first-order chi connectivity index (χ1) is 16.9. The van der Waals surface area contributed by atoms with E-state index in [0.29, 0.717) is 16.7 Å². The molecule has 4 aromatic rings. The van der Waals surface area contributed by atoms with Gasteiger partial charge in [-0.1, -0.05) is 48.5 Å². The highest BCUT2D eigenvalue weighted by atomic mass is 19.1. The van der Waals surface area contributed by atoms with Gasteiger partial charge in [-0.05, 0) is 47.5 Å². The Labute approximate surface area is 200 Å². The Morgan fingerprint density at radius 2 is 1.63 bits per heavy atom. The number of amides is 2. The van der Waals surface area contributed by atoms with E-state index in [0.717, 1.165) is 10.9 Å². The smallest absolute Gasteiger partial charge is 0.268 e. The molecular weight excluding hydrogens is 449 g/mol. The van der Waals surface area contributed by atoms with Crippen molar-refractivity contribution in [1.29, 1.82) is 0 Å². The van der Waals surface area contributed by atoms with Crippen molar-refractivity contribution in [2.75, 3.05) is 0 Å². The third-order valence-electron chi connectivity index (χ3n) is 5.40. The number of fused-ring (bicyclic) bond motifs is 1. The van der Waals surface area contributed by atoms with Crippen molar-refractivity contribution in [3.63, 3.8) is 0 Å². The van der Waals surface area contributed by atoms with Crippen molar-refractivity contribution in [3.05, 3.63) is 113 Å². The predicted molar refractivity (Wildman–Crippen MR) is 127 cm³/mol. The van der Waals surface area contributed by atoms with Crippen molar-refractivity contribution in [2.45, 2.75) is 12.5 Å². The molecule has 0 fully saturated rings. The molecule has 2 amide bonds. The molecule has 0 saturated carbocycles. The quantitative estimate of drug-likeness (QED) is 0.344. The van der Waals surface area contributed by atoms with Gasteiger partial charge in [0.15, 0.2) is 0 Å². The van der Waals surface area contributed by atoms with Crippen LogP contribution in [0.1, 0.15) is 21.5 Å². The molecule has 0 aliphatic heterocycles. The molecule has 0 aliphatic rings. The van der Waals surface area contributed by atoms with E-state index < -0.39 is 29.6 Å². The number of carbonyl (C=O) groups is 3. The van der Waals surface area contributed by atoms with Crippen LogP contribution in [0.2, 0.25) is 0 Å². The number of aromatic amines is 1. The highest BCUT2D eigenvalue weighted by molar-refractivity contribution is 6.06. The number of nitrogens with one attached hydrogen (secondary N) is 3. The summed E-state index contributed by atoms with van der Waals surface area (Å²) in [6, 6.07) is 19.5. The van der Waals surface area contributed by atoms with Crippen LogP contribution in [0.4, 0.5) is 4.39 Å². The van der Waals surface area contributed by atoms with E-state index in [1.807, 2.05) is 24.3 Å². The fourth-order valence-corrected chi connectivity index (χ4v) is 3.62. The van der Waals surface area contributed by atoms with E-state index in [4.69, 9.17) is 0 Å². The summed E-state index contributed by atoms with van der Waals surface area (Å²) in [6.07, 6.45) is 2.99. The van der Waals surface area contributed by atoms with Crippen LogP contribution in [0.25, 0.3) is 17.0 Å². The molecule has 7 nitrogen and oxygen atoms in total. The van der Waals surface area contributed by atoms with Crippen LogP contribution in [0, 0.1) is 5.82 Å². The summed E-state index contributed by atoms with van der Waals surface area (Å²) in [6.45, 7) is 0. The van der Waals surface area contributed by atoms with Crippen LogP contribution < -0.4 is 15.7 Å². The SMILES string of the molecule is O=C(N[C@@H](Cc1c[nH]c2ccccc12)C(=O)[O-])/C(=C\c1ccc(F)cc1)NC(=O)c1ccccc1. The van der Waals surface area contributed by atoms with E-state index in [9.17, 15) is 23.9 Å². The standard InChI is InChI=1S/C27H22FN3O4/c28-20-12-10-17(11-13-20)14-23(30-25(32)18-6-2-1-3-7-18)26(33)31-24(27(34)35)15-19-16-29-22-9-5-4-8-21(19)22/h1-14,16,24,29H,15H2,(H,30,32)(H,31,33)(H,34,35)/p-1/b23-14+/t24-/m0/s1. The minimum Gasteiger partial charge on any atom is -0.548 e. The zero-order valence-electron chi connectivity index (χ0n) is 18.5. The highest BCUT2D eigenvalue weighted by Crippen LogP contribution is 2.19. The number of hydrogen-bond donors (Lipinski definition) is 3. The van der Waals surface area contributed by atoms with Crippen molar-refractivity contribution in [2.24, 2.45) is 0 Å². The summed E-state index contributed by atoms with van der Waals surface area (Å²) in [5.74, 6) is -3.32. The number of aromatic nitrogens is 1. The largest absolute Gasteiger partial charge is 0.548 e. The van der Waals surface area contributed by atoms with Crippen LogP contribution >= 0.6 is 0 Å². The minimum absolute atomic E-state index is 0.0332. The van der Waals surface area contributed by atoms with Crippen molar-refractivity contribution in [3.8, 4) is 0 Å². The molecule has 176 valence electrons. The van der Waals surface area contributed by atoms with Gasteiger partial charge >= 0.3 is 0 Å². The number of halogens is 1. The number of carbonyl (C=O) groups excluding carboxylic acids is 3. The fraction of sp³-hybridized carbons (Fsp3) is 0.0741. The Morgan fingerprint density at radius 1 is 0.943 bits per heavy atom. The van der Waals surface area contributed by atoms with E-state index in [2.05, 4.69) is 15.6 Å². The first-order valence-corrected chi connectivity index (χ1v) is 10.8. The highest BCUT2D eigenvalue weighted by Gasteiger charge is 2.21. The van der Waals surface area contributed by atoms with Gasteiger partial charge < -0.3 is 25.5 Å². The molecule has 0 bridgehead atoms. The number of carboxylic acids is 1. The lowest BCUT2D eigenvalue weighted by molar-refractivity contribution is -0.308. The molecule has 3 N–H and O–H groups in total. The Kier molecular flexibility index (Phi) is 7.02. The summed E-state index contributed by atoms with van der Waals surface area (Å²) in [7, 11) is 0. The zero-order valence-corrected chi connectivity index (χ0v) is 18.5. The number of para-hydroxylation sites is 1. The monoisotopic (exact) mass is 470 g/mol. The average molecular weight is 470 g/mol. The van der Waals surface area contributed by atoms with Gasteiger partial charge in [0.05, 0.1) is 12.0 Å². The molecular formula is C27H21FN3O4-. The number of H-pyrrole nitrogens is 1. The second-order valence-electron chi connectivity index (χ2n) is 7.84. The van der Waals surface area contributed by atoms with E-state index in [1.165, 1.54) is 30.3 Å². The first kappa shape index (κ1) is 23.4. The summed E-state index contributed by atoms with van der Waals surface area (Å²) in [5, 5.41) is 17.7. The molecule has 1 atom stereocenters. The molecule has 8 heteroatoms. The van der Waals surface area contributed by atoms with Gasteiger partial charge in [-0.25, -0.2) is 4.39 Å². The number of aliphatic carboxylic acids is 1. The minimum atomic E-state index is -1.47. The Hall–Kier alpha value is -4.72. The third-order valence-corrected chi connectivity index (χ3v) is 5.40. The lowest BCUT2D eigenvalue weighted by Gasteiger charge is -2.21. The molecule has 1 heterocycles. The number of benzene rings is 3. The van der Waals surface area contributed by atoms with E-state index >= 15 is 0 Å². The number of hydrogen-bond acceptors (Lipinski definition) is 4. The summed E-state index contributed by atoms with van der Waals surface area (Å²) >= 11 is 0. The maximum absolute atomic E-state index is 13.3. The van der Waals surface area contributed by atoms with Gasteiger partial charge in [-0.2, -0.15) is 0 Å². The van der Waals surface area contributed by atoms with Crippen molar-refractivity contribution >= 4 is 34.8 Å². The second kappa shape index (κ2) is 10.5.